The number of amides is 1. The van der Waals surface area contributed by atoms with Gasteiger partial charge in [-0.3, -0.25) is 14.2 Å². The second-order valence-corrected chi connectivity index (χ2v) is 7.47. The molecule has 2 aromatic heterocycles. The quantitative estimate of drug-likeness (QED) is 0.521. The highest BCUT2D eigenvalue weighted by molar-refractivity contribution is 5.94. The third-order valence-corrected chi connectivity index (χ3v) is 5.24. The molecule has 158 valence electrons. The van der Waals surface area contributed by atoms with E-state index in [2.05, 4.69) is 15.4 Å². The fourth-order valence-electron chi connectivity index (χ4n) is 3.37. The summed E-state index contributed by atoms with van der Waals surface area (Å²) < 4.78 is 16.4. The van der Waals surface area contributed by atoms with Gasteiger partial charge in [-0.1, -0.05) is 18.2 Å². The molecular weight excluding hydrogens is 397 g/mol. The highest BCUT2D eigenvalue weighted by atomic mass is 19.1. The summed E-state index contributed by atoms with van der Waals surface area (Å²) in [5.41, 5.74) is 3.66. The van der Waals surface area contributed by atoms with Gasteiger partial charge in [0.25, 0.3) is 11.5 Å². The predicted molar refractivity (Wildman–Crippen MR) is 116 cm³/mol. The van der Waals surface area contributed by atoms with Crippen molar-refractivity contribution in [2.24, 2.45) is 0 Å². The van der Waals surface area contributed by atoms with Crippen LogP contribution in [-0.2, 0) is 13.1 Å². The van der Waals surface area contributed by atoms with Gasteiger partial charge in [0.2, 0.25) is 0 Å². The molecule has 8 heteroatoms. The number of aryl methyl sites for hydroxylation is 2. The molecule has 0 aliphatic rings. The molecule has 0 aliphatic carbocycles. The van der Waals surface area contributed by atoms with E-state index in [9.17, 15) is 14.0 Å². The lowest BCUT2D eigenvalue weighted by Crippen LogP contribution is -2.28. The number of hydrogen-bond donors (Lipinski definition) is 1. The summed E-state index contributed by atoms with van der Waals surface area (Å²) in [6, 6.07) is 11.7. The summed E-state index contributed by atoms with van der Waals surface area (Å²) in [4.78, 5) is 29.5. The molecular formula is C23H22FN5O2. The normalized spacial score (nSPS) is 11.1. The van der Waals surface area contributed by atoms with Crippen molar-refractivity contribution < 1.29 is 9.18 Å². The Morgan fingerprint density at radius 1 is 1.13 bits per heavy atom. The van der Waals surface area contributed by atoms with Gasteiger partial charge < -0.3 is 5.32 Å². The first kappa shape index (κ1) is 20.5. The van der Waals surface area contributed by atoms with Gasteiger partial charge in [-0.25, -0.2) is 14.1 Å². The molecule has 0 saturated carbocycles. The first-order valence-corrected chi connectivity index (χ1v) is 9.93. The lowest BCUT2D eigenvalue weighted by molar-refractivity contribution is 0.0952. The molecule has 0 unspecified atom stereocenters. The van der Waals surface area contributed by atoms with Crippen LogP contribution >= 0.6 is 0 Å². The lowest BCUT2D eigenvalue weighted by atomic mass is 10.1. The molecule has 2 heterocycles. The van der Waals surface area contributed by atoms with Crippen molar-refractivity contribution in [3.63, 3.8) is 0 Å². The second-order valence-electron chi connectivity index (χ2n) is 7.47. The third kappa shape index (κ3) is 4.37. The van der Waals surface area contributed by atoms with E-state index >= 15 is 0 Å². The molecule has 0 fully saturated rings. The zero-order chi connectivity index (χ0) is 22.0. The van der Waals surface area contributed by atoms with Gasteiger partial charge in [0, 0.05) is 12.1 Å². The number of rotatable bonds is 6. The fourth-order valence-corrected chi connectivity index (χ4v) is 3.37. The standard InChI is InChI=1S/C23H22FN5O2/c1-15-6-7-18(10-16(15)2)22(30)25-8-9-29-21-20(12-27-29)23(31)28(14-26-21)13-17-4-3-5-19(24)11-17/h3-7,10-12,14H,8-9,13H2,1-2H3,(H,25,30). The molecule has 0 bridgehead atoms. The summed E-state index contributed by atoms with van der Waals surface area (Å²) in [5.74, 6) is -0.514. The molecule has 1 amide bonds. The van der Waals surface area contributed by atoms with Gasteiger partial charge in [-0.15, -0.1) is 0 Å². The molecule has 0 atom stereocenters. The molecule has 4 aromatic rings. The summed E-state index contributed by atoms with van der Waals surface area (Å²) in [7, 11) is 0. The van der Waals surface area contributed by atoms with E-state index in [-0.39, 0.29) is 23.8 Å². The summed E-state index contributed by atoms with van der Waals surface area (Å²) in [6.45, 7) is 4.90. The molecule has 0 saturated heterocycles. The Hall–Kier alpha value is -3.81. The number of benzene rings is 2. The second kappa shape index (κ2) is 8.51. The van der Waals surface area contributed by atoms with E-state index < -0.39 is 0 Å². The highest BCUT2D eigenvalue weighted by Gasteiger charge is 2.12. The zero-order valence-corrected chi connectivity index (χ0v) is 17.3. The van der Waals surface area contributed by atoms with Crippen molar-refractivity contribution >= 4 is 16.9 Å². The zero-order valence-electron chi connectivity index (χ0n) is 17.3. The first-order valence-electron chi connectivity index (χ1n) is 9.93. The largest absolute Gasteiger partial charge is 0.350 e. The summed E-state index contributed by atoms with van der Waals surface area (Å²) in [5, 5.41) is 7.48. The fraction of sp³-hybridized carbons (Fsp3) is 0.217. The van der Waals surface area contributed by atoms with E-state index in [0.29, 0.717) is 35.2 Å². The van der Waals surface area contributed by atoms with Crippen LogP contribution in [0.4, 0.5) is 4.39 Å². The van der Waals surface area contributed by atoms with Gasteiger partial charge in [-0.2, -0.15) is 5.10 Å². The van der Waals surface area contributed by atoms with E-state index in [4.69, 9.17) is 0 Å². The number of halogens is 1. The predicted octanol–water partition coefficient (Wildman–Crippen LogP) is 2.83. The maximum Gasteiger partial charge on any atom is 0.264 e. The number of hydrogen-bond acceptors (Lipinski definition) is 4. The smallest absolute Gasteiger partial charge is 0.264 e. The van der Waals surface area contributed by atoms with Crippen LogP contribution in [0.25, 0.3) is 11.0 Å². The highest BCUT2D eigenvalue weighted by Crippen LogP contribution is 2.10. The Bertz CT molecular complexity index is 1330. The van der Waals surface area contributed by atoms with E-state index in [1.807, 2.05) is 26.0 Å². The van der Waals surface area contributed by atoms with Crippen LogP contribution in [0.15, 0.2) is 59.8 Å². The van der Waals surface area contributed by atoms with Crippen molar-refractivity contribution in [2.45, 2.75) is 26.9 Å². The van der Waals surface area contributed by atoms with Crippen molar-refractivity contribution in [1.29, 1.82) is 0 Å². The molecule has 4 rings (SSSR count). The van der Waals surface area contributed by atoms with Gasteiger partial charge >= 0.3 is 0 Å². The van der Waals surface area contributed by atoms with E-state index in [0.717, 1.165) is 11.1 Å². The molecule has 0 radical (unpaired) electrons. The topological polar surface area (TPSA) is 81.8 Å². The number of carbonyl (C=O) groups excluding carboxylic acids is 1. The Morgan fingerprint density at radius 3 is 2.74 bits per heavy atom. The van der Waals surface area contributed by atoms with Gasteiger partial charge in [0.15, 0.2) is 5.65 Å². The number of nitrogens with zero attached hydrogens (tertiary/aromatic N) is 4. The molecule has 2 aromatic carbocycles. The Balaban J connectivity index is 1.45. The van der Waals surface area contributed by atoms with Crippen molar-refractivity contribution in [3.05, 3.63) is 93.4 Å². The van der Waals surface area contributed by atoms with Crippen LogP contribution in [0.3, 0.4) is 0 Å². The van der Waals surface area contributed by atoms with Gasteiger partial charge in [0.1, 0.15) is 17.5 Å². The average molecular weight is 419 g/mol. The van der Waals surface area contributed by atoms with Gasteiger partial charge in [0.05, 0.1) is 19.3 Å². The lowest BCUT2D eigenvalue weighted by Gasteiger charge is -2.08. The van der Waals surface area contributed by atoms with Crippen LogP contribution in [0, 0.1) is 19.7 Å². The number of aromatic nitrogens is 4. The first-order chi connectivity index (χ1) is 14.9. The minimum absolute atomic E-state index is 0.162. The van der Waals surface area contributed by atoms with E-state index in [1.165, 1.54) is 29.2 Å². The number of fused-ring (bicyclic) bond motifs is 1. The number of carbonyl (C=O) groups is 1. The molecule has 0 aliphatic heterocycles. The van der Waals surface area contributed by atoms with Crippen LogP contribution in [0.2, 0.25) is 0 Å². The van der Waals surface area contributed by atoms with Crippen molar-refractivity contribution in [3.8, 4) is 0 Å². The van der Waals surface area contributed by atoms with Crippen LogP contribution in [-0.4, -0.2) is 31.8 Å². The van der Waals surface area contributed by atoms with Crippen molar-refractivity contribution in [2.75, 3.05) is 6.54 Å². The summed E-state index contributed by atoms with van der Waals surface area (Å²) in [6.07, 6.45) is 2.90. The van der Waals surface area contributed by atoms with Crippen molar-refractivity contribution in [1.82, 2.24) is 24.6 Å². The Kier molecular flexibility index (Phi) is 5.62. The average Bonchev–Trinajstić information content (AvgIpc) is 3.16. The maximum atomic E-state index is 13.4. The molecule has 1 N–H and O–H groups in total. The monoisotopic (exact) mass is 419 g/mol. The van der Waals surface area contributed by atoms with E-state index in [1.54, 1.807) is 22.9 Å². The Morgan fingerprint density at radius 2 is 1.97 bits per heavy atom. The maximum absolute atomic E-state index is 13.4. The Labute approximate surface area is 178 Å². The molecule has 31 heavy (non-hydrogen) atoms. The minimum Gasteiger partial charge on any atom is -0.350 e. The van der Waals surface area contributed by atoms with Crippen LogP contribution in [0.5, 0.6) is 0 Å². The number of nitrogens with one attached hydrogen (secondary N) is 1. The van der Waals surface area contributed by atoms with Crippen LogP contribution < -0.4 is 10.9 Å². The molecule has 0 spiro atoms. The van der Waals surface area contributed by atoms with Gasteiger partial charge in [-0.05, 0) is 54.8 Å². The van der Waals surface area contributed by atoms with Crippen LogP contribution in [0.1, 0.15) is 27.0 Å². The third-order valence-electron chi connectivity index (χ3n) is 5.24. The minimum atomic E-state index is -0.352. The molecule has 7 nitrogen and oxygen atoms in total. The SMILES string of the molecule is Cc1ccc(C(=O)NCCn2ncc3c(=O)n(Cc4cccc(F)c4)cnc32)cc1C. The summed E-state index contributed by atoms with van der Waals surface area (Å²) >= 11 is 0.